The number of hydrogen-bond donors (Lipinski definition) is 2. The molecule has 2 aromatic heterocycles. The quantitative estimate of drug-likeness (QED) is 0.708. The zero-order valence-electron chi connectivity index (χ0n) is 11.2. The van der Waals surface area contributed by atoms with Crippen LogP contribution in [0, 0.1) is 5.82 Å². The molecule has 2 N–H and O–H groups in total. The van der Waals surface area contributed by atoms with Gasteiger partial charge in [-0.05, 0) is 18.2 Å². The number of nitrogens with zero attached hydrogens (tertiary/aromatic N) is 2. The molecule has 0 radical (unpaired) electrons. The largest absolute Gasteiger partial charge is 0.507 e. The molecule has 6 nitrogen and oxygen atoms in total. The molecule has 0 bridgehead atoms. The summed E-state index contributed by atoms with van der Waals surface area (Å²) < 4.78 is 43.1. The Kier molecular flexibility index (Phi) is 3.90. The molecule has 0 atom stereocenters. The van der Waals surface area contributed by atoms with E-state index < -0.39 is 28.6 Å². The molecule has 2 heterocycles. The van der Waals surface area contributed by atoms with Crippen molar-refractivity contribution in [3.05, 3.63) is 45.0 Å². The van der Waals surface area contributed by atoms with Crippen molar-refractivity contribution in [2.75, 3.05) is 5.32 Å². The summed E-state index contributed by atoms with van der Waals surface area (Å²) in [5.74, 6) is -1.05. The molecule has 0 amide bonds. The van der Waals surface area contributed by atoms with Gasteiger partial charge in [-0.3, -0.25) is 0 Å². The molecule has 0 fully saturated rings. The van der Waals surface area contributed by atoms with E-state index in [2.05, 4.69) is 15.5 Å². The third-order valence-electron chi connectivity index (χ3n) is 2.98. The first-order chi connectivity index (χ1) is 11.0. The average molecular weight is 343 g/mol. The van der Waals surface area contributed by atoms with Crippen molar-refractivity contribution in [3.63, 3.8) is 0 Å². The summed E-state index contributed by atoms with van der Waals surface area (Å²) in [6.45, 7) is -0.238. The molecular weight excluding hydrogens is 335 g/mol. The van der Waals surface area contributed by atoms with Crippen molar-refractivity contribution in [1.29, 1.82) is 0 Å². The van der Waals surface area contributed by atoms with E-state index in [0.29, 0.717) is 11.3 Å². The monoisotopic (exact) mass is 343 g/mol. The highest BCUT2D eigenvalue weighted by Crippen LogP contribution is 2.29. The van der Waals surface area contributed by atoms with Gasteiger partial charge < -0.3 is 14.8 Å². The molecular formula is C13H8F3N3O3S. The molecule has 3 rings (SSSR count). The smallest absolute Gasteiger partial charge is 0.345 e. The van der Waals surface area contributed by atoms with Gasteiger partial charge in [0.15, 0.2) is 5.01 Å². The van der Waals surface area contributed by atoms with Crippen LogP contribution < -0.4 is 10.9 Å². The van der Waals surface area contributed by atoms with Gasteiger partial charge >= 0.3 is 5.63 Å². The number of hydrogen-bond acceptors (Lipinski definition) is 7. The van der Waals surface area contributed by atoms with Crippen LogP contribution in [0.2, 0.25) is 0 Å². The highest BCUT2D eigenvalue weighted by Gasteiger charge is 2.17. The normalized spacial score (nSPS) is 11.3. The summed E-state index contributed by atoms with van der Waals surface area (Å²) in [4.78, 5) is 11.9. The van der Waals surface area contributed by atoms with E-state index in [9.17, 15) is 23.1 Å². The maximum absolute atomic E-state index is 13.2. The van der Waals surface area contributed by atoms with Crippen LogP contribution in [0.5, 0.6) is 5.75 Å². The highest BCUT2D eigenvalue weighted by molar-refractivity contribution is 7.15. The van der Waals surface area contributed by atoms with Crippen LogP contribution in [0.15, 0.2) is 27.4 Å². The third kappa shape index (κ3) is 2.97. The molecule has 3 aromatic rings. The zero-order valence-corrected chi connectivity index (χ0v) is 12.0. The summed E-state index contributed by atoms with van der Waals surface area (Å²) in [6.07, 6.45) is -2.75. The maximum atomic E-state index is 13.2. The SMILES string of the molecule is O=c1oc2ccc(F)cc2c(O)c1CNc1nnc(C(F)F)s1. The molecule has 0 aliphatic rings. The fraction of sp³-hybridized carbons (Fsp3) is 0.154. The second-order valence-electron chi connectivity index (χ2n) is 4.46. The zero-order chi connectivity index (χ0) is 16.6. The van der Waals surface area contributed by atoms with Gasteiger partial charge in [0.1, 0.15) is 17.1 Å². The minimum absolute atomic E-state index is 0.0342. The van der Waals surface area contributed by atoms with Gasteiger partial charge in [0, 0.05) is 0 Å². The summed E-state index contributed by atoms with van der Waals surface area (Å²) in [6, 6.07) is 3.34. The Morgan fingerprint density at radius 3 is 2.83 bits per heavy atom. The van der Waals surface area contributed by atoms with Gasteiger partial charge in [0.05, 0.1) is 17.5 Å². The van der Waals surface area contributed by atoms with Crippen molar-refractivity contribution in [1.82, 2.24) is 10.2 Å². The van der Waals surface area contributed by atoms with E-state index in [1.807, 2.05) is 0 Å². The number of benzene rings is 1. The predicted molar refractivity (Wildman–Crippen MR) is 76.3 cm³/mol. The van der Waals surface area contributed by atoms with Gasteiger partial charge in [-0.2, -0.15) is 0 Å². The number of rotatable bonds is 4. The lowest BCUT2D eigenvalue weighted by atomic mass is 10.1. The fourth-order valence-corrected chi connectivity index (χ4v) is 2.51. The van der Waals surface area contributed by atoms with Gasteiger partial charge in [0.25, 0.3) is 6.43 Å². The molecule has 23 heavy (non-hydrogen) atoms. The Hall–Kier alpha value is -2.62. The molecule has 0 unspecified atom stereocenters. The van der Waals surface area contributed by atoms with E-state index in [1.54, 1.807) is 0 Å². The molecule has 0 spiro atoms. The van der Waals surface area contributed by atoms with E-state index >= 15 is 0 Å². The number of aromatic nitrogens is 2. The standard InChI is InChI=1S/C13H8F3N3O3S/c14-5-1-2-8-6(3-5)9(20)7(12(21)22-8)4-17-13-19-18-11(23-13)10(15)16/h1-3,10,20H,4H2,(H,17,19). The molecule has 120 valence electrons. The molecule has 10 heteroatoms. The van der Waals surface area contributed by atoms with Crippen molar-refractivity contribution >= 4 is 27.4 Å². The van der Waals surface area contributed by atoms with Crippen LogP contribution in [0.3, 0.4) is 0 Å². The molecule has 0 aliphatic carbocycles. The van der Waals surface area contributed by atoms with Crippen LogP contribution in [0.4, 0.5) is 18.3 Å². The summed E-state index contributed by atoms with van der Waals surface area (Å²) in [7, 11) is 0. The fourth-order valence-electron chi connectivity index (χ4n) is 1.91. The van der Waals surface area contributed by atoms with E-state index in [0.717, 1.165) is 12.1 Å². The van der Waals surface area contributed by atoms with Crippen molar-refractivity contribution in [2.24, 2.45) is 0 Å². The number of nitrogens with one attached hydrogen (secondary N) is 1. The first-order valence-electron chi connectivity index (χ1n) is 6.25. The van der Waals surface area contributed by atoms with Crippen molar-refractivity contribution in [3.8, 4) is 5.75 Å². The maximum Gasteiger partial charge on any atom is 0.345 e. The molecule has 0 aliphatic heterocycles. The van der Waals surface area contributed by atoms with Crippen LogP contribution in [0.25, 0.3) is 11.0 Å². The van der Waals surface area contributed by atoms with Gasteiger partial charge in [-0.25, -0.2) is 18.0 Å². The molecule has 0 saturated carbocycles. The van der Waals surface area contributed by atoms with Gasteiger partial charge in [-0.1, -0.05) is 11.3 Å². The van der Waals surface area contributed by atoms with Crippen LogP contribution in [0.1, 0.15) is 17.0 Å². The average Bonchev–Trinajstić information content (AvgIpc) is 2.97. The van der Waals surface area contributed by atoms with Crippen LogP contribution in [-0.4, -0.2) is 15.3 Å². The minimum atomic E-state index is -2.75. The second kappa shape index (κ2) is 5.88. The van der Waals surface area contributed by atoms with Crippen molar-refractivity contribution in [2.45, 2.75) is 13.0 Å². The second-order valence-corrected chi connectivity index (χ2v) is 5.47. The van der Waals surface area contributed by atoms with Crippen LogP contribution >= 0.6 is 11.3 Å². The lowest BCUT2D eigenvalue weighted by Crippen LogP contribution is -2.12. The predicted octanol–water partition coefficient (Wildman–Crippen LogP) is 3.04. The van der Waals surface area contributed by atoms with Crippen LogP contribution in [-0.2, 0) is 6.54 Å². The molecule has 0 saturated heterocycles. The Morgan fingerprint density at radius 2 is 2.13 bits per heavy atom. The summed E-state index contributed by atoms with van der Waals surface area (Å²) >= 11 is 0.620. The van der Waals surface area contributed by atoms with Crippen molar-refractivity contribution < 1.29 is 22.7 Å². The topological polar surface area (TPSA) is 88.2 Å². The first-order valence-corrected chi connectivity index (χ1v) is 7.07. The van der Waals surface area contributed by atoms with Gasteiger partial charge in [-0.15, -0.1) is 10.2 Å². The summed E-state index contributed by atoms with van der Waals surface area (Å²) in [5.41, 5.74) is -0.960. The number of alkyl halides is 2. The third-order valence-corrected chi connectivity index (χ3v) is 3.86. The Morgan fingerprint density at radius 1 is 1.35 bits per heavy atom. The lowest BCUT2D eigenvalue weighted by Gasteiger charge is -2.06. The van der Waals surface area contributed by atoms with E-state index in [1.165, 1.54) is 6.07 Å². The number of aromatic hydroxyl groups is 1. The highest BCUT2D eigenvalue weighted by atomic mass is 32.1. The molecule has 1 aromatic carbocycles. The Balaban J connectivity index is 1.91. The van der Waals surface area contributed by atoms with E-state index in [4.69, 9.17) is 4.42 Å². The lowest BCUT2D eigenvalue weighted by molar-refractivity contribution is 0.150. The van der Waals surface area contributed by atoms with E-state index in [-0.39, 0.29) is 28.2 Å². The number of anilines is 1. The Labute approximate surface area is 130 Å². The number of fused-ring (bicyclic) bond motifs is 1. The van der Waals surface area contributed by atoms with Gasteiger partial charge in [0.2, 0.25) is 5.13 Å². The summed E-state index contributed by atoms with van der Waals surface area (Å²) in [5, 5.41) is 19.1. The Bertz CT molecular complexity index is 926. The minimum Gasteiger partial charge on any atom is -0.507 e. The first kappa shape index (κ1) is 15.3. The number of halogens is 3.